The maximum atomic E-state index is 12.0. The smallest absolute Gasteiger partial charge is 0.310 e. The van der Waals surface area contributed by atoms with Gasteiger partial charge in [0.2, 0.25) is 0 Å². The highest BCUT2D eigenvalue weighted by atomic mass is 16.5. The van der Waals surface area contributed by atoms with Crippen LogP contribution in [-0.4, -0.2) is 56.2 Å². The Morgan fingerprint density at radius 2 is 2.00 bits per heavy atom. The Morgan fingerprint density at radius 1 is 1.32 bits per heavy atom. The summed E-state index contributed by atoms with van der Waals surface area (Å²) in [6, 6.07) is 8.65. The number of likely N-dealkylation sites (tertiary alicyclic amines) is 1. The summed E-state index contributed by atoms with van der Waals surface area (Å²) in [4.78, 5) is 21.4. The Bertz CT molecular complexity index is 767. The molecule has 0 saturated carbocycles. The van der Waals surface area contributed by atoms with Gasteiger partial charge in [-0.15, -0.1) is 0 Å². The number of pyridine rings is 1. The predicted octanol–water partition coefficient (Wildman–Crippen LogP) is 2.79. The first kappa shape index (κ1) is 17.7. The fourth-order valence-corrected chi connectivity index (χ4v) is 3.75. The minimum Gasteiger partial charge on any atom is -0.469 e. The number of piperidine rings is 1. The number of anilines is 1. The van der Waals surface area contributed by atoms with Crippen LogP contribution in [0.4, 0.5) is 5.69 Å². The highest BCUT2D eigenvalue weighted by Crippen LogP contribution is 2.34. The largest absolute Gasteiger partial charge is 0.469 e. The second-order valence-electron chi connectivity index (χ2n) is 6.94. The molecule has 0 atom stereocenters. The number of methoxy groups -OCH3 is 1. The van der Waals surface area contributed by atoms with Gasteiger partial charge in [-0.25, -0.2) is 0 Å². The number of hydrogen-bond acceptors (Lipinski definition) is 5. The summed E-state index contributed by atoms with van der Waals surface area (Å²) in [5.74, 6) is -0.224. The molecule has 2 aromatic rings. The number of para-hydroxylation sites is 1. The Balaban J connectivity index is 2.09. The monoisotopic (exact) mass is 341 g/mol. The van der Waals surface area contributed by atoms with Gasteiger partial charge in [0.15, 0.2) is 0 Å². The van der Waals surface area contributed by atoms with Gasteiger partial charge < -0.3 is 14.5 Å². The van der Waals surface area contributed by atoms with E-state index in [2.05, 4.69) is 30.0 Å². The first-order chi connectivity index (χ1) is 12.0. The summed E-state index contributed by atoms with van der Waals surface area (Å²) in [6.45, 7) is 4.18. The Morgan fingerprint density at radius 3 is 2.68 bits per heavy atom. The SMILES string of the molecule is COC(=O)Cc1c(C)nc2ccccc2c1N(C)C1CCN(C)CC1. The van der Waals surface area contributed by atoms with Gasteiger partial charge in [-0.3, -0.25) is 9.78 Å². The third kappa shape index (κ3) is 3.61. The molecular formula is C20H27N3O2. The first-order valence-corrected chi connectivity index (χ1v) is 8.87. The zero-order valence-electron chi connectivity index (χ0n) is 15.6. The highest BCUT2D eigenvalue weighted by Gasteiger charge is 2.25. The Labute approximate surface area is 149 Å². The molecule has 0 radical (unpaired) electrons. The predicted molar refractivity (Wildman–Crippen MR) is 101 cm³/mol. The van der Waals surface area contributed by atoms with Crippen molar-refractivity contribution in [3.05, 3.63) is 35.5 Å². The number of carbonyl (C=O) groups is 1. The third-order valence-electron chi connectivity index (χ3n) is 5.31. The molecule has 1 fully saturated rings. The molecule has 1 saturated heterocycles. The van der Waals surface area contributed by atoms with Crippen molar-refractivity contribution in [2.75, 3.05) is 39.2 Å². The highest BCUT2D eigenvalue weighted by molar-refractivity contribution is 5.95. The van der Waals surface area contributed by atoms with Crippen LogP contribution >= 0.6 is 0 Å². The van der Waals surface area contributed by atoms with Gasteiger partial charge >= 0.3 is 5.97 Å². The number of benzene rings is 1. The van der Waals surface area contributed by atoms with Gasteiger partial charge in [0.25, 0.3) is 0 Å². The lowest BCUT2D eigenvalue weighted by molar-refractivity contribution is -0.139. The molecule has 134 valence electrons. The molecule has 0 aliphatic carbocycles. The third-order valence-corrected chi connectivity index (χ3v) is 5.31. The van der Waals surface area contributed by atoms with E-state index < -0.39 is 0 Å². The molecule has 1 aliphatic heterocycles. The molecule has 0 bridgehead atoms. The van der Waals surface area contributed by atoms with E-state index in [1.54, 1.807) is 0 Å². The van der Waals surface area contributed by atoms with Crippen molar-refractivity contribution >= 4 is 22.6 Å². The van der Waals surface area contributed by atoms with Crippen LogP contribution in [0, 0.1) is 6.92 Å². The second-order valence-corrected chi connectivity index (χ2v) is 6.94. The maximum Gasteiger partial charge on any atom is 0.310 e. The van der Waals surface area contributed by atoms with Crippen molar-refractivity contribution < 1.29 is 9.53 Å². The number of esters is 1. The van der Waals surface area contributed by atoms with Crippen molar-refractivity contribution in [2.45, 2.75) is 32.2 Å². The fourth-order valence-electron chi connectivity index (χ4n) is 3.75. The van der Waals surface area contributed by atoms with Crippen molar-refractivity contribution in [1.29, 1.82) is 0 Å². The van der Waals surface area contributed by atoms with E-state index in [0.717, 1.165) is 53.8 Å². The summed E-state index contributed by atoms with van der Waals surface area (Å²) in [7, 11) is 5.76. The first-order valence-electron chi connectivity index (χ1n) is 8.87. The summed E-state index contributed by atoms with van der Waals surface area (Å²) in [5, 5.41) is 1.11. The van der Waals surface area contributed by atoms with Crippen molar-refractivity contribution in [1.82, 2.24) is 9.88 Å². The average Bonchev–Trinajstić information content (AvgIpc) is 2.62. The molecule has 1 aromatic carbocycles. The minimum absolute atomic E-state index is 0.224. The van der Waals surface area contributed by atoms with Crippen molar-refractivity contribution in [3.8, 4) is 0 Å². The molecule has 1 aromatic heterocycles. The zero-order chi connectivity index (χ0) is 18.0. The van der Waals surface area contributed by atoms with E-state index in [0.29, 0.717) is 6.04 Å². The van der Waals surface area contributed by atoms with Gasteiger partial charge in [0.05, 0.1) is 24.7 Å². The number of aromatic nitrogens is 1. The lowest BCUT2D eigenvalue weighted by Gasteiger charge is -2.38. The Hall–Kier alpha value is -2.14. The maximum absolute atomic E-state index is 12.0. The molecule has 5 nitrogen and oxygen atoms in total. The van der Waals surface area contributed by atoms with E-state index in [9.17, 15) is 4.79 Å². The summed E-state index contributed by atoms with van der Waals surface area (Å²) < 4.78 is 4.92. The molecule has 0 amide bonds. The molecule has 2 heterocycles. The molecular weight excluding hydrogens is 314 g/mol. The fraction of sp³-hybridized carbons (Fsp3) is 0.500. The molecule has 0 N–H and O–H groups in total. The molecule has 25 heavy (non-hydrogen) atoms. The van der Waals surface area contributed by atoms with Crippen LogP contribution in [0.15, 0.2) is 24.3 Å². The zero-order valence-corrected chi connectivity index (χ0v) is 15.6. The number of nitrogens with zero attached hydrogens (tertiary/aromatic N) is 3. The van der Waals surface area contributed by atoms with Crippen LogP contribution < -0.4 is 4.90 Å². The van der Waals surface area contributed by atoms with Crippen LogP contribution in [0.2, 0.25) is 0 Å². The second kappa shape index (κ2) is 7.40. The van der Waals surface area contributed by atoms with Gasteiger partial charge in [0, 0.05) is 29.7 Å². The van der Waals surface area contributed by atoms with E-state index in [-0.39, 0.29) is 12.4 Å². The molecule has 0 unspecified atom stereocenters. The van der Waals surface area contributed by atoms with Gasteiger partial charge in [-0.1, -0.05) is 18.2 Å². The molecule has 1 aliphatic rings. The number of ether oxygens (including phenoxy) is 1. The van der Waals surface area contributed by atoms with Crippen LogP contribution in [-0.2, 0) is 16.0 Å². The standard InChI is InChI=1S/C20H27N3O2/c1-14-17(13-19(24)25-4)20(16-7-5-6-8-18(16)21-14)23(3)15-9-11-22(2)12-10-15/h5-8,15H,9-13H2,1-4H3. The van der Waals surface area contributed by atoms with Gasteiger partial charge in [0.1, 0.15) is 0 Å². The quantitative estimate of drug-likeness (QED) is 0.800. The van der Waals surface area contributed by atoms with Crippen molar-refractivity contribution in [3.63, 3.8) is 0 Å². The number of rotatable bonds is 4. The molecule has 3 rings (SSSR count). The lowest BCUT2D eigenvalue weighted by Crippen LogP contribution is -2.42. The van der Waals surface area contributed by atoms with Crippen LogP contribution in [0.3, 0.4) is 0 Å². The summed E-state index contributed by atoms with van der Waals surface area (Å²) >= 11 is 0. The summed E-state index contributed by atoms with van der Waals surface area (Å²) in [6.07, 6.45) is 2.51. The van der Waals surface area contributed by atoms with Crippen LogP contribution in [0.25, 0.3) is 10.9 Å². The minimum atomic E-state index is -0.224. The number of hydrogen-bond donors (Lipinski definition) is 0. The Kier molecular flexibility index (Phi) is 5.23. The number of carbonyl (C=O) groups excluding carboxylic acids is 1. The topological polar surface area (TPSA) is 45.7 Å². The van der Waals surface area contributed by atoms with Gasteiger partial charge in [-0.05, 0) is 46.0 Å². The van der Waals surface area contributed by atoms with Crippen LogP contribution in [0.5, 0.6) is 0 Å². The average molecular weight is 341 g/mol. The summed E-state index contributed by atoms with van der Waals surface area (Å²) in [5.41, 5.74) is 3.98. The normalized spacial score (nSPS) is 16.2. The van der Waals surface area contributed by atoms with E-state index in [4.69, 9.17) is 9.72 Å². The van der Waals surface area contributed by atoms with E-state index >= 15 is 0 Å². The van der Waals surface area contributed by atoms with Crippen LogP contribution in [0.1, 0.15) is 24.1 Å². The van der Waals surface area contributed by atoms with Gasteiger partial charge in [-0.2, -0.15) is 0 Å². The lowest BCUT2D eigenvalue weighted by atomic mass is 9.98. The number of aryl methyl sites for hydroxylation is 1. The van der Waals surface area contributed by atoms with E-state index in [1.807, 2.05) is 25.1 Å². The van der Waals surface area contributed by atoms with E-state index in [1.165, 1.54) is 7.11 Å². The molecule has 0 spiro atoms. The van der Waals surface area contributed by atoms with Crippen molar-refractivity contribution in [2.24, 2.45) is 0 Å². The molecule has 5 heteroatoms. The number of fused-ring (bicyclic) bond motifs is 1.